The Morgan fingerprint density at radius 1 is 0.857 bits per heavy atom. The first kappa shape index (κ1) is 23.8. The fourth-order valence-corrected chi connectivity index (χ4v) is 4.10. The van der Waals surface area contributed by atoms with Gasteiger partial charge in [-0.3, -0.25) is 19.6 Å². The smallest absolute Gasteiger partial charge is 0.298 e. The molecule has 0 amide bonds. The molecule has 4 rings (SSSR count). The van der Waals surface area contributed by atoms with Gasteiger partial charge in [-0.2, -0.15) is 0 Å². The Labute approximate surface area is 206 Å². The van der Waals surface area contributed by atoms with Crippen LogP contribution < -0.4 is 9.47 Å². The van der Waals surface area contributed by atoms with Gasteiger partial charge in [-0.15, -0.1) is 11.3 Å². The molecular weight excluding hydrogens is 462 g/mol. The van der Waals surface area contributed by atoms with E-state index >= 15 is 0 Å². The normalized spacial score (nSPS) is 10.2. The summed E-state index contributed by atoms with van der Waals surface area (Å²) < 4.78 is 9.98. The molecule has 0 radical (unpaired) electrons. The molecule has 35 heavy (non-hydrogen) atoms. The summed E-state index contributed by atoms with van der Waals surface area (Å²) in [5.74, 6) is 7.01. The molecule has 0 aromatic carbocycles. The highest BCUT2D eigenvalue weighted by atomic mass is 32.1. The SMILES string of the molecule is CCCCc1csc(C#Cc2ccnc(-c3cc(OC=O)cc(-c4cc(OC=O)ccn4)n3)c2)c1. The summed E-state index contributed by atoms with van der Waals surface area (Å²) in [6, 6.07) is 12.1. The molecule has 0 aliphatic heterocycles. The number of carbonyl (C=O) groups is 2. The van der Waals surface area contributed by atoms with Gasteiger partial charge in [0.15, 0.2) is 0 Å². The number of carbonyl (C=O) groups excluding carboxylic acids is 2. The summed E-state index contributed by atoms with van der Waals surface area (Å²) in [6.07, 6.45) is 6.56. The van der Waals surface area contributed by atoms with E-state index in [9.17, 15) is 9.59 Å². The summed E-state index contributed by atoms with van der Waals surface area (Å²) in [5, 5.41) is 2.16. The summed E-state index contributed by atoms with van der Waals surface area (Å²) in [4.78, 5) is 36.0. The maximum Gasteiger partial charge on any atom is 0.298 e. The van der Waals surface area contributed by atoms with Crippen LogP contribution >= 0.6 is 11.3 Å². The molecule has 0 fully saturated rings. The van der Waals surface area contributed by atoms with E-state index in [1.165, 1.54) is 24.6 Å². The Balaban J connectivity index is 1.65. The van der Waals surface area contributed by atoms with Crippen molar-refractivity contribution in [1.82, 2.24) is 15.0 Å². The van der Waals surface area contributed by atoms with E-state index in [0.717, 1.165) is 16.9 Å². The molecule has 0 unspecified atom stereocenters. The van der Waals surface area contributed by atoms with Crippen LogP contribution in [0.4, 0.5) is 0 Å². The monoisotopic (exact) mass is 483 g/mol. The van der Waals surface area contributed by atoms with E-state index in [1.807, 2.05) is 12.1 Å². The predicted octanol–water partition coefficient (Wildman–Crippen LogP) is 5.08. The number of aryl methyl sites for hydroxylation is 1. The van der Waals surface area contributed by atoms with Crippen molar-refractivity contribution in [3.8, 4) is 46.1 Å². The standard InChI is InChI=1S/C27H21N3O4S/c1-2-3-4-20-11-23(35-16-20)6-5-19-7-9-28-24(12-19)26-14-22(34-18-32)15-27(30-26)25-13-21(33-17-31)8-10-29-25/h7-18H,2-4H2,1H3. The number of hydrogen-bond acceptors (Lipinski definition) is 8. The van der Waals surface area contributed by atoms with Crippen molar-refractivity contribution in [3.05, 3.63) is 76.2 Å². The van der Waals surface area contributed by atoms with Crippen LogP contribution in [0.25, 0.3) is 22.8 Å². The zero-order valence-electron chi connectivity index (χ0n) is 18.9. The van der Waals surface area contributed by atoms with Gasteiger partial charge in [0.05, 0.1) is 27.7 Å². The minimum Gasteiger partial charge on any atom is -0.429 e. The second-order valence-corrected chi connectivity index (χ2v) is 8.39. The molecule has 0 aliphatic rings. The first-order chi connectivity index (χ1) is 17.2. The topological polar surface area (TPSA) is 91.3 Å². The van der Waals surface area contributed by atoms with Crippen LogP contribution in [-0.2, 0) is 16.0 Å². The third kappa shape index (κ3) is 6.37. The van der Waals surface area contributed by atoms with Crippen molar-refractivity contribution in [2.45, 2.75) is 26.2 Å². The molecule has 0 bridgehead atoms. The van der Waals surface area contributed by atoms with E-state index in [0.29, 0.717) is 41.5 Å². The number of pyridine rings is 3. The highest BCUT2D eigenvalue weighted by Crippen LogP contribution is 2.28. The first-order valence-corrected chi connectivity index (χ1v) is 11.8. The van der Waals surface area contributed by atoms with Crippen molar-refractivity contribution in [3.63, 3.8) is 0 Å². The molecule has 4 aromatic rings. The first-order valence-electron chi connectivity index (χ1n) is 10.9. The molecule has 8 heteroatoms. The minimum absolute atomic E-state index is 0.278. The molecule has 0 saturated heterocycles. The molecule has 0 spiro atoms. The van der Waals surface area contributed by atoms with E-state index in [4.69, 9.17) is 9.47 Å². The third-order valence-electron chi connectivity index (χ3n) is 4.99. The van der Waals surface area contributed by atoms with Crippen LogP contribution in [0, 0.1) is 11.8 Å². The Morgan fingerprint density at radius 2 is 1.54 bits per heavy atom. The largest absolute Gasteiger partial charge is 0.429 e. The minimum atomic E-state index is 0.278. The van der Waals surface area contributed by atoms with E-state index in [1.54, 1.807) is 41.8 Å². The quantitative estimate of drug-likeness (QED) is 0.242. The zero-order valence-corrected chi connectivity index (χ0v) is 19.7. The Morgan fingerprint density at radius 3 is 2.29 bits per heavy atom. The Kier molecular flexibility index (Phi) is 7.94. The zero-order chi connectivity index (χ0) is 24.5. The number of aromatic nitrogens is 3. The molecule has 0 atom stereocenters. The van der Waals surface area contributed by atoms with Crippen molar-refractivity contribution in [2.75, 3.05) is 0 Å². The molecule has 0 saturated carbocycles. The Bertz CT molecular complexity index is 1400. The molecule has 4 aromatic heterocycles. The lowest BCUT2D eigenvalue weighted by Crippen LogP contribution is -1.97. The molecule has 7 nitrogen and oxygen atoms in total. The maximum absolute atomic E-state index is 11.0. The fourth-order valence-electron chi connectivity index (χ4n) is 3.31. The van der Waals surface area contributed by atoms with Crippen LogP contribution in [0.5, 0.6) is 11.5 Å². The van der Waals surface area contributed by atoms with Crippen molar-refractivity contribution in [1.29, 1.82) is 0 Å². The van der Waals surface area contributed by atoms with E-state index in [-0.39, 0.29) is 5.75 Å². The number of nitrogens with zero attached hydrogens (tertiary/aromatic N) is 3. The summed E-state index contributed by atoms with van der Waals surface area (Å²) in [6.45, 7) is 2.86. The van der Waals surface area contributed by atoms with Crippen LogP contribution in [0.1, 0.15) is 35.8 Å². The summed E-state index contributed by atoms with van der Waals surface area (Å²) in [7, 11) is 0. The van der Waals surface area contributed by atoms with Crippen molar-refractivity contribution >= 4 is 24.3 Å². The number of rotatable bonds is 9. The van der Waals surface area contributed by atoms with Gasteiger partial charge in [0, 0.05) is 36.2 Å². The van der Waals surface area contributed by atoms with Gasteiger partial charge in [-0.05, 0) is 48.1 Å². The van der Waals surface area contributed by atoms with Gasteiger partial charge >= 0.3 is 0 Å². The Hall–Kier alpha value is -4.35. The fraction of sp³-hybridized carbons (Fsp3) is 0.148. The van der Waals surface area contributed by atoms with Gasteiger partial charge < -0.3 is 9.47 Å². The number of unbranched alkanes of at least 4 members (excludes halogenated alkanes) is 1. The van der Waals surface area contributed by atoms with Gasteiger partial charge in [0.1, 0.15) is 11.5 Å². The number of hydrogen-bond donors (Lipinski definition) is 0. The molecule has 4 heterocycles. The lowest BCUT2D eigenvalue weighted by Gasteiger charge is -2.08. The van der Waals surface area contributed by atoms with Crippen LogP contribution in [0.15, 0.2) is 60.2 Å². The van der Waals surface area contributed by atoms with Crippen molar-refractivity contribution in [2.24, 2.45) is 0 Å². The predicted molar refractivity (Wildman–Crippen MR) is 133 cm³/mol. The van der Waals surface area contributed by atoms with Crippen LogP contribution in [0.3, 0.4) is 0 Å². The second-order valence-electron chi connectivity index (χ2n) is 7.48. The lowest BCUT2D eigenvalue weighted by atomic mass is 10.1. The van der Waals surface area contributed by atoms with Gasteiger partial charge in [0.25, 0.3) is 12.9 Å². The maximum atomic E-state index is 11.0. The number of thiophene rings is 1. The lowest BCUT2D eigenvalue weighted by molar-refractivity contribution is -0.121. The van der Waals surface area contributed by atoms with E-state index in [2.05, 4.69) is 45.2 Å². The summed E-state index contributed by atoms with van der Waals surface area (Å²) in [5.41, 5.74) is 4.00. The molecule has 0 N–H and O–H groups in total. The molecule has 0 aliphatic carbocycles. The van der Waals surface area contributed by atoms with Crippen molar-refractivity contribution < 1.29 is 19.1 Å². The highest BCUT2D eigenvalue weighted by Gasteiger charge is 2.11. The number of ether oxygens (including phenoxy) is 2. The second kappa shape index (κ2) is 11.7. The average molecular weight is 484 g/mol. The van der Waals surface area contributed by atoms with Gasteiger partial charge in [0.2, 0.25) is 0 Å². The molecular formula is C27H21N3O4S. The van der Waals surface area contributed by atoms with E-state index < -0.39 is 0 Å². The summed E-state index contributed by atoms with van der Waals surface area (Å²) >= 11 is 1.64. The third-order valence-corrected chi connectivity index (χ3v) is 5.88. The van der Waals surface area contributed by atoms with Crippen LogP contribution in [-0.4, -0.2) is 27.9 Å². The van der Waals surface area contributed by atoms with Crippen LogP contribution in [0.2, 0.25) is 0 Å². The average Bonchev–Trinajstić information content (AvgIpc) is 3.35. The van der Waals surface area contributed by atoms with Gasteiger partial charge in [-0.25, -0.2) is 4.98 Å². The highest BCUT2D eigenvalue weighted by molar-refractivity contribution is 7.10. The molecule has 174 valence electrons. The van der Waals surface area contributed by atoms with Gasteiger partial charge in [-0.1, -0.05) is 25.2 Å².